The van der Waals surface area contributed by atoms with Crippen LogP contribution >= 0.6 is 0 Å². The highest BCUT2D eigenvalue weighted by molar-refractivity contribution is 5.17. The van der Waals surface area contributed by atoms with E-state index in [1.165, 1.54) is 5.57 Å². The number of hydrogen-bond acceptors (Lipinski definition) is 1. The second kappa shape index (κ2) is 4.73. The maximum absolute atomic E-state index is 8.41. The summed E-state index contributed by atoms with van der Waals surface area (Å²) >= 11 is 0. The average Bonchev–Trinajstić information content (AvgIpc) is 1.99. The molecule has 0 aromatic heterocycles. The largest absolute Gasteiger partial charge is 0.193 e. The van der Waals surface area contributed by atoms with E-state index >= 15 is 0 Å². The topological polar surface area (TPSA) is 23.8 Å². The van der Waals surface area contributed by atoms with Gasteiger partial charge in [0, 0.05) is 5.57 Å². The standard InChI is InChI=1S/C10H15N/c1-8(2)10(4)6-5-9(3)7-11/h8H,3-6H2,1-2H3. The number of nitriles is 1. The third-order valence-electron chi connectivity index (χ3n) is 1.72. The molecule has 0 aliphatic rings. The summed E-state index contributed by atoms with van der Waals surface area (Å²) in [6.45, 7) is 11.7. The molecule has 0 aromatic rings. The molecular weight excluding hydrogens is 134 g/mol. The van der Waals surface area contributed by atoms with E-state index in [1.807, 2.05) is 6.07 Å². The van der Waals surface area contributed by atoms with Crippen LogP contribution in [0.1, 0.15) is 26.7 Å². The van der Waals surface area contributed by atoms with Gasteiger partial charge in [-0.1, -0.05) is 32.6 Å². The van der Waals surface area contributed by atoms with Crippen molar-refractivity contribution in [3.05, 3.63) is 24.3 Å². The quantitative estimate of drug-likeness (QED) is 0.445. The molecule has 0 saturated heterocycles. The first-order valence-electron chi connectivity index (χ1n) is 3.83. The maximum Gasteiger partial charge on any atom is 0.0940 e. The number of allylic oxidation sites excluding steroid dienone is 2. The molecule has 0 aliphatic carbocycles. The van der Waals surface area contributed by atoms with Crippen LogP contribution in [-0.4, -0.2) is 0 Å². The molecule has 0 radical (unpaired) electrons. The van der Waals surface area contributed by atoms with Gasteiger partial charge in [-0.05, 0) is 18.8 Å². The van der Waals surface area contributed by atoms with E-state index in [0.29, 0.717) is 11.5 Å². The summed E-state index contributed by atoms with van der Waals surface area (Å²) in [6.07, 6.45) is 1.65. The smallest absolute Gasteiger partial charge is 0.0940 e. The fourth-order valence-electron chi connectivity index (χ4n) is 0.656. The van der Waals surface area contributed by atoms with Gasteiger partial charge in [0.05, 0.1) is 6.07 Å². The van der Waals surface area contributed by atoms with Gasteiger partial charge in [0.15, 0.2) is 0 Å². The zero-order chi connectivity index (χ0) is 8.85. The highest BCUT2D eigenvalue weighted by Crippen LogP contribution is 2.15. The molecule has 1 heteroatoms. The molecule has 0 rings (SSSR count). The number of nitrogens with zero attached hydrogens (tertiary/aromatic N) is 1. The van der Waals surface area contributed by atoms with Gasteiger partial charge >= 0.3 is 0 Å². The Kier molecular flexibility index (Phi) is 4.29. The molecule has 0 unspecified atom stereocenters. The molecule has 0 aliphatic heterocycles. The predicted octanol–water partition coefficient (Wildman–Crippen LogP) is 3.06. The highest BCUT2D eigenvalue weighted by Gasteiger charge is 2.00. The van der Waals surface area contributed by atoms with Crippen molar-refractivity contribution in [2.24, 2.45) is 5.92 Å². The Balaban J connectivity index is 3.65. The van der Waals surface area contributed by atoms with Crippen LogP contribution in [0.3, 0.4) is 0 Å². The van der Waals surface area contributed by atoms with Gasteiger partial charge < -0.3 is 0 Å². The van der Waals surface area contributed by atoms with Gasteiger partial charge in [0.2, 0.25) is 0 Å². The van der Waals surface area contributed by atoms with Crippen molar-refractivity contribution in [1.82, 2.24) is 0 Å². The van der Waals surface area contributed by atoms with Crippen LogP contribution in [0, 0.1) is 17.2 Å². The lowest BCUT2D eigenvalue weighted by molar-refractivity contribution is 0.715. The van der Waals surface area contributed by atoms with Gasteiger partial charge in [-0.3, -0.25) is 0 Å². The van der Waals surface area contributed by atoms with Crippen LogP contribution in [0.25, 0.3) is 0 Å². The summed E-state index contributed by atoms with van der Waals surface area (Å²) in [6, 6.07) is 2.02. The monoisotopic (exact) mass is 149 g/mol. The lowest BCUT2D eigenvalue weighted by atomic mass is 9.98. The summed E-state index contributed by atoms with van der Waals surface area (Å²) in [4.78, 5) is 0. The average molecular weight is 149 g/mol. The highest BCUT2D eigenvalue weighted by atomic mass is 14.2. The Bertz CT molecular complexity index is 193. The zero-order valence-corrected chi connectivity index (χ0v) is 7.35. The van der Waals surface area contributed by atoms with Gasteiger partial charge in [0.1, 0.15) is 0 Å². The summed E-state index contributed by atoms with van der Waals surface area (Å²) in [5.41, 5.74) is 1.84. The second-order valence-electron chi connectivity index (χ2n) is 3.03. The minimum atomic E-state index is 0.515. The summed E-state index contributed by atoms with van der Waals surface area (Å²) in [7, 11) is 0. The normalized spacial score (nSPS) is 9.27. The molecule has 0 N–H and O–H groups in total. The summed E-state index contributed by atoms with van der Waals surface area (Å²) in [5.74, 6) is 0.515. The van der Waals surface area contributed by atoms with E-state index in [9.17, 15) is 0 Å². The van der Waals surface area contributed by atoms with E-state index in [0.717, 1.165) is 12.8 Å². The molecular formula is C10H15N. The molecule has 0 bridgehead atoms. The Morgan fingerprint density at radius 1 is 1.36 bits per heavy atom. The Morgan fingerprint density at radius 2 is 1.91 bits per heavy atom. The minimum absolute atomic E-state index is 0.515. The first-order valence-corrected chi connectivity index (χ1v) is 3.83. The molecule has 11 heavy (non-hydrogen) atoms. The maximum atomic E-state index is 8.41. The number of hydrogen-bond donors (Lipinski definition) is 0. The third-order valence-corrected chi connectivity index (χ3v) is 1.72. The first kappa shape index (κ1) is 9.97. The fourth-order valence-corrected chi connectivity index (χ4v) is 0.656. The van der Waals surface area contributed by atoms with Crippen LogP contribution in [0.2, 0.25) is 0 Å². The minimum Gasteiger partial charge on any atom is -0.193 e. The van der Waals surface area contributed by atoms with E-state index < -0.39 is 0 Å². The van der Waals surface area contributed by atoms with Crippen LogP contribution in [0.5, 0.6) is 0 Å². The van der Waals surface area contributed by atoms with Gasteiger partial charge in [-0.25, -0.2) is 0 Å². The lowest BCUT2D eigenvalue weighted by Gasteiger charge is -2.07. The third kappa shape index (κ3) is 4.38. The SMILES string of the molecule is C=C(C#N)CCC(=C)C(C)C. The van der Waals surface area contributed by atoms with Crippen molar-refractivity contribution in [3.8, 4) is 6.07 Å². The van der Waals surface area contributed by atoms with Crippen molar-refractivity contribution in [3.63, 3.8) is 0 Å². The van der Waals surface area contributed by atoms with E-state index in [-0.39, 0.29) is 0 Å². The fraction of sp³-hybridized carbons (Fsp3) is 0.500. The first-order chi connectivity index (χ1) is 5.07. The Labute approximate surface area is 69.0 Å². The van der Waals surface area contributed by atoms with E-state index in [4.69, 9.17) is 5.26 Å². The molecule has 0 saturated carbocycles. The van der Waals surface area contributed by atoms with Crippen LogP contribution < -0.4 is 0 Å². The predicted molar refractivity (Wildman–Crippen MR) is 48.0 cm³/mol. The van der Waals surface area contributed by atoms with Gasteiger partial charge in [-0.15, -0.1) is 0 Å². The molecule has 60 valence electrons. The van der Waals surface area contributed by atoms with Crippen LogP contribution in [0.15, 0.2) is 24.3 Å². The van der Waals surface area contributed by atoms with E-state index in [1.54, 1.807) is 0 Å². The lowest BCUT2D eigenvalue weighted by Crippen LogP contribution is -1.92. The van der Waals surface area contributed by atoms with Crippen LogP contribution in [-0.2, 0) is 0 Å². The molecule has 0 amide bonds. The van der Waals surface area contributed by atoms with Crippen LogP contribution in [0.4, 0.5) is 0 Å². The van der Waals surface area contributed by atoms with Crippen molar-refractivity contribution in [2.75, 3.05) is 0 Å². The second-order valence-corrected chi connectivity index (χ2v) is 3.03. The van der Waals surface area contributed by atoms with Crippen molar-refractivity contribution in [1.29, 1.82) is 5.26 Å². The van der Waals surface area contributed by atoms with Crippen molar-refractivity contribution in [2.45, 2.75) is 26.7 Å². The number of rotatable bonds is 4. The van der Waals surface area contributed by atoms with Crippen molar-refractivity contribution >= 4 is 0 Å². The molecule has 0 spiro atoms. The van der Waals surface area contributed by atoms with Gasteiger partial charge in [-0.2, -0.15) is 5.26 Å². The summed E-state index contributed by atoms with van der Waals surface area (Å²) in [5, 5.41) is 8.41. The summed E-state index contributed by atoms with van der Waals surface area (Å²) < 4.78 is 0. The molecule has 0 aromatic carbocycles. The Morgan fingerprint density at radius 3 is 2.27 bits per heavy atom. The molecule has 0 atom stereocenters. The molecule has 0 heterocycles. The van der Waals surface area contributed by atoms with E-state index in [2.05, 4.69) is 27.0 Å². The van der Waals surface area contributed by atoms with Gasteiger partial charge in [0.25, 0.3) is 0 Å². The molecule has 1 nitrogen and oxygen atoms in total. The van der Waals surface area contributed by atoms with Crippen molar-refractivity contribution < 1.29 is 0 Å². The Hall–Kier alpha value is -1.03. The molecule has 0 fully saturated rings. The zero-order valence-electron chi connectivity index (χ0n) is 7.35.